The number of nitrogens with one attached hydrogen (secondary N) is 1. The first-order chi connectivity index (χ1) is 7.20. The minimum Gasteiger partial charge on any atom is -0.312 e. The van der Waals surface area contributed by atoms with E-state index < -0.39 is 0 Å². The van der Waals surface area contributed by atoms with Crippen LogP contribution in [0.15, 0.2) is 0 Å². The molecule has 0 amide bonds. The van der Waals surface area contributed by atoms with Gasteiger partial charge >= 0.3 is 0 Å². The maximum absolute atomic E-state index is 3.55. The second kappa shape index (κ2) is 7.25. The summed E-state index contributed by atoms with van der Waals surface area (Å²) in [4.78, 5) is 4.64. The van der Waals surface area contributed by atoms with Crippen LogP contribution < -0.4 is 5.32 Å². The molecular formula is C13H31N3. The third kappa shape index (κ3) is 10.4. The Kier molecular flexibility index (Phi) is 7.20. The molecule has 0 radical (unpaired) electrons. The molecule has 0 heterocycles. The van der Waals surface area contributed by atoms with Crippen LogP contribution in [0.5, 0.6) is 0 Å². The van der Waals surface area contributed by atoms with Crippen molar-refractivity contribution in [1.29, 1.82) is 0 Å². The number of rotatable bonds is 7. The van der Waals surface area contributed by atoms with Crippen molar-refractivity contribution in [2.24, 2.45) is 5.92 Å². The predicted molar refractivity (Wildman–Crippen MR) is 73.0 cm³/mol. The number of hydrogen-bond acceptors (Lipinski definition) is 3. The van der Waals surface area contributed by atoms with Gasteiger partial charge in [0.15, 0.2) is 0 Å². The van der Waals surface area contributed by atoms with E-state index in [1.165, 1.54) is 0 Å². The molecule has 0 fully saturated rings. The molecule has 0 saturated carbocycles. The van der Waals surface area contributed by atoms with Gasteiger partial charge in [-0.15, -0.1) is 0 Å². The van der Waals surface area contributed by atoms with E-state index in [0.717, 1.165) is 26.2 Å². The molecule has 0 aromatic rings. The fourth-order valence-corrected chi connectivity index (χ4v) is 1.54. The molecule has 1 unspecified atom stereocenters. The summed E-state index contributed by atoms with van der Waals surface area (Å²) in [7, 11) is 6.45. The highest BCUT2D eigenvalue weighted by Crippen LogP contribution is 2.02. The van der Waals surface area contributed by atoms with Crippen molar-refractivity contribution in [2.75, 3.05) is 47.3 Å². The van der Waals surface area contributed by atoms with Gasteiger partial charge in [-0.3, -0.25) is 0 Å². The molecule has 16 heavy (non-hydrogen) atoms. The quantitative estimate of drug-likeness (QED) is 0.714. The predicted octanol–water partition coefficient (Wildman–Crippen LogP) is 1.50. The van der Waals surface area contributed by atoms with Gasteiger partial charge in [-0.2, -0.15) is 0 Å². The first kappa shape index (κ1) is 15.9. The fraction of sp³-hybridized carbons (Fsp3) is 1.00. The lowest BCUT2D eigenvalue weighted by molar-refractivity contribution is 0.242. The summed E-state index contributed by atoms with van der Waals surface area (Å²) < 4.78 is 0. The van der Waals surface area contributed by atoms with E-state index in [1.54, 1.807) is 0 Å². The average Bonchev–Trinajstić information content (AvgIpc) is 2.10. The van der Waals surface area contributed by atoms with E-state index in [-0.39, 0.29) is 5.54 Å². The SMILES string of the molecule is CC(CNC(C)(C)C)CN(C)CCN(C)C. The van der Waals surface area contributed by atoms with E-state index >= 15 is 0 Å². The van der Waals surface area contributed by atoms with Crippen LogP contribution in [0.4, 0.5) is 0 Å². The molecule has 0 bridgehead atoms. The zero-order valence-electron chi connectivity index (χ0n) is 12.3. The zero-order chi connectivity index (χ0) is 12.8. The summed E-state index contributed by atoms with van der Waals surface area (Å²) in [6.07, 6.45) is 0. The highest BCUT2D eigenvalue weighted by molar-refractivity contribution is 4.73. The third-order valence-corrected chi connectivity index (χ3v) is 2.53. The average molecular weight is 229 g/mol. The van der Waals surface area contributed by atoms with Gasteiger partial charge in [-0.05, 0) is 54.4 Å². The lowest BCUT2D eigenvalue weighted by atomic mass is 10.1. The minimum absolute atomic E-state index is 0.233. The van der Waals surface area contributed by atoms with Crippen LogP contribution in [0.2, 0.25) is 0 Å². The van der Waals surface area contributed by atoms with Crippen LogP contribution in [0.1, 0.15) is 27.7 Å². The summed E-state index contributed by atoms with van der Waals surface area (Å²) >= 11 is 0. The van der Waals surface area contributed by atoms with Gasteiger partial charge in [0.2, 0.25) is 0 Å². The molecule has 1 N–H and O–H groups in total. The normalized spacial score (nSPS) is 14.8. The largest absolute Gasteiger partial charge is 0.312 e. The molecule has 0 aliphatic rings. The standard InChI is InChI=1S/C13H31N3/c1-12(10-14-13(2,3)4)11-16(7)9-8-15(5)6/h12,14H,8-11H2,1-7H3. The molecule has 0 aliphatic heterocycles. The number of nitrogens with zero attached hydrogens (tertiary/aromatic N) is 2. The summed E-state index contributed by atoms with van der Waals surface area (Å²) in [6, 6.07) is 0. The van der Waals surface area contributed by atoms with Gasteiger partial charge in [0.1, 0.15) is 0 Å². The Morgan fingerprint density at radius 2 is 1.62 bits per heavy atom. The third-order valence-electron chi connectivity index (χ3n) is 2.53. The van der Waals surface area contributed by atoms with Crippen molar-refractivity contribution < 1.29 is 0 Å². The first-order valence-corrected chi connectivity index (χ1v) is 6.29. The molecule has 0 aromatic carbocycles. The molecule has 0 saturated heterocycles. The maximum atomic E-state index is 3.55. The van der Waals surface area contributed by atoms with Gasteiger partial charge in [0.25, 0.3) is 0 Å². The summed E-state index contributed by atoms with van der Waals surface area (Å²) in [5.74, 6) is 0.700. The minimum atomic E-state index is 0.233. The smallest absolute Gasteiger partial charge is 0.0106 e. The van der Waals surface area contributed by atoms with Gasteiger partial charge in [0.05, 0.1) is 0 Å². The Bertz CT molecular complexity index is 173. The highest BCUT2D eigenvalue weighted by atomic mass is 15.1. The van der Waals surface area contributed by atoms with Gasteiger partial charge in [-0.1, -0.05) is 6.92 Å². The van der Waals surface area contributed by atoms with Crippen LogP contribution in [0.3, 0.4) is 0 Å². The molecule has 0 spiro atoms. The van der Waals surface area contributed by atoms with Crippen LogP contribution in [-0.4, -0.2) is 62.7 Å². The Balaban J connectivity index is 3.66. The number of hydrogen-bond donors (Lipinski definition) is 1. The molecule has 98 valence electrons. The molecule has 1 atom stereocenters. The van der Waals surface area contributed by atoms with E-state index in [9.17, 15) is 0 Å². The van der Waals surface area contributed by atoms with E-state index in [0.29, 0.717) is 5.92 Å². The Morgan fingerprint density at radius 1 is 1.06 bits per heavy atom. The van der Waals surface area contributed by atoms with Gasteiger partial charge < -0.3 is 15.1 Å². The maximum Gasteiger partial charge on any atom is 0.0106 e. The van der Waals surface area contributed by atoms with E-state index in [4.69, 9.17) is 0 Å². The Morgan fingerprint density at radius 3 is 2.06 bits per heavy atom. The van der Waals surface area contributed by atoms with Crippen LogP contribution in [0.25, 0.3) is 0 Å². The molecular weight excluding hydrogens is 198 g/mol. The second-order valence-electron chi connectivity index (χ2n) is 6.30. The van der Waals surface area contributed by atoms with Crippen molar-refractivity contribution in [3.05, 3.63) is 0 Å². The van der Waals surface area contributed by atoms with Crippen molar-refractivity contribution in [3.8, 4) is 0 Å². The molecule has 3 heteroatoms. The molecule has 0 aliphatic carbocycles. The van der Waals surface area contributed by atoms with E-state index in [2.05, 4.69) is 64.0 Å². The Hall–Kier alpha value is -0.120. The summed E-state index contributed by atoms with van der Waals surface area (Å²) in [6.45, 7) is 13.5. The van der Waals surface area contributed by atoms with E-state index in [1.807, 2.05) is 0 Å². The lowest BCUT2D eigenvalue weighted by Gasteiger charge is -2.26. The van der Waals surface area contributed by atoms with Crippen molar-refractivity contribution in [1.82, 2.24) is 15.1 Å². The van der Waals surface area contributed by atoms with Crippen molar-refractivity contribution >= 4 is 0 Å². The topological polar surface area (TPSA) is 18.5 Å². The Labute approximate surface area is 102 Å². The number of likely N-dealkylation sites (N-methyl/N-ethyl adjacent to an activating group) is 2. The monoisotopic (exact) mass is 229 g/mol. The van der Waals surface area contributed by atoms with Crippen molar-refractivity contribution in [2.45, 2.75) is 33.2 Å². The molecule has 3 nitrogen and oxygen atoms in total. The van der Waals surface area contributed by atoms with Crippen molar-refractivity contribution in [3.63, 3.8) is 0 Å². The zero-order valence-corrected chi connectivity index (χ0v) is 12.3. The summed E-state index contributed by atoms with van der Waals surface area (Å²) in [5.41, 5.74) is 0.233. The van der Waals surface area contributed by atoms with Gasteiger partial charge in [-0.25, -0.2) is 0 Å². The first-order valence-electron chi connectivity index (χ1n) is 6.29. The summed E-state index contributed by atoms with van der Waals surface area (Å²) in [5, 5.41) is 3.55. The molecule has 0 aromatic heterocycles. The van der Waals surface area contributed by atoms with Crippen LogP contribution >= 0.6 is 0 Å². The molecule has 0 rings (SSSR count). The fourth-order valence-electron chi connectivity index (χ4n) is 1.54. The van der Waals surface area contributed by atoms with Crippen LogP contribution in [0, 0.1) is 5.92 Å². The second-order valence-corrected chi connectivity index (χ2v) is 6.30. The highest BCUT2D eigenvalue weighted by Gasteiger charge is 2.12. The van der Waals surface area contributed by atoms with Crippen LogP contribution in [-0.2, 0) is 0 Å². The van der Waals surface area contributed by atoms with Gasteiger partial charge in [0, 0.05) is 25.2 Å². The lowest BCUT2D eigenvalue weighted by Crippen LogP contribution is -2.41.